The highest BCUT2D eigenvalue weighted by Gasteiger charge is 2.21. The van der Waals surface area contributed by atoms with Gasteiger partial charge < -0.3 is 10.5 Å². The largest absolute Gasteiger partial charge is 0.372 e. The third-order valence-electron chi connectivity index (χ3n) is 2.87. The second-order valence-corrected chi connectivity index (χ2v) is 4.65. The molecule has 0 aliphatic heterocycles. The van der Waals surface area contributed by atoms with Gasteiger partial charge in [0, 0.05) is 23.2 Å². The lowest BCUT2D eigenvalue weighted by molar-refractivity contribution is 0.0319. The van der Waals surface area contributed by atoms with Crippen LogP contribution < -0.4 is 5.73 Å². The highest BCUT2D eigenvalue weighted by atomic mass is 35.5. The van der Waals surface area contributed by atoms with Gasteiger partial charge in [-0.15, -0.1) is 0 Å². The van der Waals surface area contributed by atoms with Gasteiger partial charge in [-0.3, -0.25) is 0 Å². The first-order chi connectivity index (χ1) is 8.20. The van der Waals surface area contributed by atoms with Crippen molar-refractivity contribution < 1.29 is 4.74 Å². The number of halogens is 1. The molecule has 1 aromatic carbocycles. The van der Waals surface area contributed by atoms with Crippen LogP contribution in [0.5, 0.6) is 0 Å². The van der Waals surface area contributed by atoms with Crippen molar-refractivity contribution in [2.24, 2.45) is 5.73 Å². The smallest absolute Gasteiger partial charge is 0.0989 e. The Morgan fingerprint density at radius 2 is 2.00 bits per heavy atom. The summed E-state index contributed by atoms with van der Waals surface area (Å²) in [5.41, 5.74) is 7.12. The Hall–Kier alpha value is -0.570. The van der Waals surface area contributed by atoms with Crippen molar-refractivity contribution in [3.05, 3.63) is 34.9 Å². The Labute approximate surface area is 109 Å². The zero-order chi connectivity index (χ0) is 12.7. The highest BCUT2D eigenvalue weighted by molar-refractivity contribution is 6.31. The molecular formula is C14H22ClNO. The van der Waals surface area contributed by atoms with E-state index in [4.69, 9.17) is 22.1 Å². The Bertz CT molecular complexity index is 330. The molecule has 96 valence electrons. The molecule has 1 rings (SSSR count). The molecule has 2 N–H and O–H groups in total. The fourth-order valence-electron chi connectivity index (χ4n) is 1.72. The van der Waals surface area contributed by atoms with E-state index < -0.39 is 0 Å². The molecule has 2 nitrogen and oxygen atoms in total. The molecular weight excluding hydrogens is 234 g/mol. The Kier molecular flexibility index (Phi) is 6.56. The first kappa shape index (κ1) is 14.5. The average molecular weight is 256 g/mol. The van der Waals surface area contributed by atoms with E-state index in [9.17, 15) is 0 Å². The van der Waals surface area contributed by atoms with Crippen LogP contribution in [0.4, 0.5) is 0 Å². The molecule has 1 aromatic rings. The van der Waals surface area contributed by atoms with Gasteiger partial charge in [-0.1, -0.05) is 50.1 Å². The molecule has 0 saturated heterocycles. The standard InChI is InChI=1S/C14H22ClNO/c1-3-5-10-17-14(13(16)4-2)11-8-6-7-9-12(11)15/h6-9,13-14H,3-5,10,16H2,1-2H3. The van der Waals surface area contributed by atoms with Gasteiger partial charge in [0.2, 0.25) is 0 Å². The zero-order valence-corrected chi connectivity index (χ0v) is 11.4. The summed E-state index contributed by atoms with van der Waals surface area (Å²) in [4.78, 5) is 0. The quantitative estimate of drug-likeness (QED) is 0.749. The summed E-state index contributed by atoms with van der Waals surface area (Å²) in [6, 6.07) is 7.77. The second-order valence-electron chi connectivity index (χ2n) is 4.24. The van der Waals surface area contributed by atoms with Gasteiger partial charge >= 0.3 is 0 Å². The summed E-state index contributed by atoms with van der Waals surface area (Å²) in [7, 11) is 0. The van der Waals surface area contributed by atoms with E-state index in [1.165, 1.54) is 0 Å². The minimum Gasteiger partial charge on any atom is -0.372 e. The van der Waals surface area contributed by atoms with Crippen molar-refractivity contribution in [1.82, 2.24) is 0 Å². The number of hydrogen-bond donors (Lipinski definition) is 1. The van der Waals surface area contributed by atoms with Crippen molar-refractivity contribution in [1.29, 1.82) is 0 Å². The predicted molar refractivity (Wildman–Crippen MR) is 73.3 cm³/mol. The number of nitrogens with two attached hydrogens (primary N) is 1. The number of hydrogen-bond acceptors (Lipinski definition) is 2. The summed E-state index contributed by atoms with van der Waals surface area (Å²) in [5.74, 6) is 0. The molecule has 0 amide bonds. The van der Waals surface area contributed by atoms with E-state index in [-0.39, 0.29) is 12.1 Å². The van der Waals surface area contributed by atoms with Crippen molar-refractivity contribution in [2.75, 3.05) is 6.61 Å². The van der Waals surface area contributed by atoms with E-state index in [0.717, 1.165) is 36.5 Å². The third-order valence-corrected chi connectivity index (χ3v) is 3.21. The lowest BCUT2D eigenvalue weighted by atomic mass is 10.0. The summed E-state index contributed by atoms with van der Waals surface area (Å²) in [6.45, 7) is 4.95. The average Bonchev–Trinajstić information content (AvgIpc) is 2.35. The van der Waals surface area contributed by atoms with E-state index >= 15 is 0 Å². The van der Waals surface area contributed by atoms with E-state index in [2.05, 4.69) is 13.8 Å². The molecule has 0 spiro atoms. The molecule has 17 heavy (non-hydrogen) atoms. The molecule has 0 heterocycles. The fraction of sp³-hybridized carbons (Fsp3) is 0.571. The highest BCUT2D eigenvalue weighted by Crippen LogP contribution is 2.28. The normalized spacial score (nSPS) is 14.6. The molecule has 0 aliphatic rings. The summed E-state index contributed by atoms with van der Waals surface area (Å²) in [6.07, 6.45) is 2.95. The van der Waals surface area contributed by atoms with Crippen molar-refractivity contribution in [2.45, 2.75) is 45.3 Å². The van der Waals surface area contributed by atoms with Gasteiger partial charge in [-0.05, 0) is 18.9 Å². The second kappa shape index (κ2) is 7.70. The van der Waals surface area contributed by atoms with Crippen LogP contribution >= 0.6 is 11.6 Å². The number of ether oxygens (including phenoxy) is 1. The molecule has 2 atom stereocenters. The van der Waals surface area contributed by atoms with Gasteiger partial charge in [0.1, 0.15) is 0 Å². The van der Waals surface area contributed by atoms with Gasteiger partial charge in [0.05, 0.1) is 6.10 Å². The molecule has 3 heteroatoms. The molecule has 0 aliphatic carbocycles. The summed E-state index contributed by atoms with van der Waals surface area (Å²) in [5, 5.41) is 0.734. The van der Waals surface area contributed by atoms with Gasteiger partial charge in [0.25, 0.3) is 0 Å². The maximum absolute atomic E-state index is 6.20. The number of benzene rings is 1. The predicted octanol–water partition coefficient (Wildman–Crippen LogP) is 3.94. The molecule has 0 saturated carbocycles. The van der Waals surface area contributed by atoms with Gasteiger partial charge in [0.15, 0.2) is 0 Å². The maximum Gasteiger partial charge on any atom is 0.0989 e. The van der Waals surface area contributed by atoms with Crippen molar-refractivity contribution in [3.63, 3.8) is 0 Å². The van der Waals surface area contributed by atoms with E-state index in [1.807, 2.05) is 24.3 Å². The van der Waals surface area contributed by atoms with Crippen LogP contribution in [0.25, 0.3) is 0 Å². The topological polar surface area (TPSA) is 35.2 Å². The van der Waals surface area contributed by atoms with Crippen molar-refractivity contribution >= 4 is 11.6 Å². The molecule has 0 aromatic heterocycles. The van der Waals surface area contributed by atoms with E-state index in [0.29, 0.717) is 0 Å². The van der Waals surface area contributed by atoms with Crippen LogP contribution in [0.15, 0.2) is 24.3 Å². The maximum atomic E-state index is 6.20. The molecule has 0 fully saturated rings. The van der Waals surface area contributed by atoms with Crippen LogP contribution in [-0.2, 0) is 4.74 Å². The third kappa shape index (κ3) is 4.30. The SMILES string of the molecule is CCCCOC(c1ccccc1Cl)C(N)CC. The minimum absolute atomic E-state index is 0.00763. The number of rotatable bonds is 7. The zero-order valence-electron chi connectivity index (χ0n) is 10.7. The van der Waals surface area contributed by atoms with Crippen LogP contribution in [0.3, 0.4) is 0 Å². The first-order valence-corrected chi connectivity index (χ1v) is 6.70. The lowest BCUT2D eigenvalue weighted by Gasteiger charge is -2.24. The fourth-order valence-corrected chi connectivity index (χ4v) is 1.96. The van der Waals surface area contributed by atoms with Crippen LogP contribution in [-0.4, -0.2) is 12.6 Å². The van der Waals surface area contributed by atoms with Crippen LogP contribution in [0.1, 0.15) is 44.8 Å². The molecule has 0 bridgehead atoms. The lowest BCUT2D eigenvalue weighted by Crippen LogP contribution is -2.30. The number of unbranched alkanes of at least 4 members (excludes halogenated alkanes) is 1. The first-order valence-electron chi connectivity index (χ1n) is 6.32. The van der Waals surface area contributed by atoms with Crippen LogP contribution in [0, 0.1) is 0 Å². The summed E-state index contributed by atoms with van der Waals surface area (Å²) < 4.78 is 5.89. The van der Waals surface area contributed by atoms with Gasteiger partial charge in [-0.2, -0.15) is 0 Å². The molecule has 2 unspecified atom stereocenters. The van der Waals surface area contributed by atoms with E-state index in [1.54, 1.807) is 0 Å². The Balaban J connectivity index is 2.79. The van der Waals surface area contributed by atoms with Gasteiger partial charge in [-0.25, -0.2) is 0 Å². The van der Waals surface area contributed by atoms with Crippen LogP contribution in [0.2, 0.25) is 5.02 Å². The molecule has 0 radical (unpaired) electrons. The summed E-state index contributed by atoms with van der Waals surface area (Å²) >= 11 is 6.20. The monoisotopic (exact) mass is 255 g/mol. The Morgan fingerprint density at radius 3 is 2.59 bits per heavy atom. The Morgan fingerprint density at radius 1 is 1.29 bits per heavy atom. The minimum atomic E-state index is -0.0970. The van der Waals surface area contributed by atoms with Crippen molar-refractivity contribution in [3.8, 4) is 0 Å².